The molecule has 82 valence electrons. The largest absolute Gasteiger partial charge is 0.433 e. The number of hydrogen-bond acceptors (Lipinski definition) is 5. The molecular formula is C9H12N2O4. The Labute approximate surface area is 86.6 Å². The van der Waals surface area contributed by atoms with E-state index in [-0.39, 0.29) is 5.88 Å². The van der Waals surface area contributed by atoms with Gasteiger partial charge in [-0.05, 0) is 6.07 Å². The molecule has 1 aromatic rings. The zero-order valence-electron chi connectivity index (χ0n) is 8.22. The summed E-state index contributed by atoms with van der Waals surface area (Å²) in [5.41, 5.74) is 0. The van der Waals surface area contributed by atoms with Gasteiger partial charge in [0.25, 0.3) is 0 Å². The molecule has 0 radical (unpaired) electrons. The lowest BCUT2D eigenvalue weighted by Crippen LogP contribution is -2.35. The van der Waals surface area contributed by atoms with Gasteiger partial charge in [0, 0.05) is 13.1 Å². The Morgan fingerprint density at radius 2 is 2.13 bits per heavy atom. The van der Waals surface area contributed by atoms with Crippen molar-refractivity contribution in [3.8, 4) is 0 Å². The highest BCUT2D eigenvalue weighted by Gasteiger charge is 2.16. The fraction of sp³-hybridized carbons (Fsp3) is 0.556. The fourth-order valence-electron chi connectivity index (χ4n) is 1.53. The summed E-state index contributed by atoms with van der Waals surface area (Å²) in [6.45, 7) is 3.71. The van der Waals surface area contributed by atoms with Crippen LogP contribution in [0.3, 0.4) is 0 Å². The number of ether oxygens (including phenoxy) is 1. The molecule has 0 aromatic carbocycles. The van der Waals surface area contributed by atoms with Gasteiger partial charge in [0.15, 0.2) is 0 Å². The molecule has 1 fully saturated rings. The molecule has 15 heavy (non-hydrogen) atoms. The first-order valence-corrected chi connectivity index (χ1v) is 4.79. The normalized spacial score (nSPS) is 17.9. The first-order chi connectivity index (χ1) is 7.25. The molecule has 0 N–H and O–H groups in total. The molecule has 2 rings (SSSR count). The summed E-state index contributed by atoms with van der Waals surface area (Å²) in [4.78, 5) is 12.0. The predicted molar refractivity (Wildman–Crippen MR) is 51.5 cm³/mol. The third kappa shape index (κ3) is 2.54. The molecule has 1 aliphatic heterocycles. The molecule has 0 aliphatic carbocycles. The molecule has 0 bridgehead atoms. The molecule has 0 unspecified atom stereocenters. The molecule has 0 spiro atoms. The Morgan fingerprint density at radius 3 is 2.73 bits per heavy atom. The van der Waals surface area contributed by atoms with Crippen LogP contribution in [0.1, 0.15) is 5.76 Å². The van der Waals surface area contributed by atoms with Gasteiger partial charge in [0.1, 0.15) is 10.7 Å². The van der Waals surface area contributed by atoms with E-state index in [2.05, 4.69) is 4.90 Å². The summed E-state index contributed by atoms with van der Waals surface area (Å²) in [6, 6.07) is 3.03. The van der Waals surface area contributed by atoms with Gasteiger partial charge in [-0.3, -0.25) is 15.0 Å². The van der Waals surface area contributed by atoms with Crippen molar-refractivity contribution in [3.05, 3.63) is 28.0 Å². The van der Waals surface area contributed by atoms with E-state index in [4.69, 9.17) is 9.15 Å². The zero-order chi connectivity index (χ0) is 10.7. The summed E-state index contributed by atoms with van der Waals surface area (Å²) < 4.78 is 10.3. The number of furan rings is 1. The first-order valence-electron chi connectivity index (χ1n) is 4.79. The topological polar surface area (TPSA) is 68.8 Å². The van der Waals surface area contributed by atoms with Gasteiger partial charge < -0.3 is 9.15 Å². The minimum Gasteiger partial charge on any atom is -0.404 e. The van der Waals surface area contributed by atoms with Crippen molar-refractivity contribution < 1.29 is 14.1 Å². The Hall–Kier alpha value is -1.40. The molecule has 6 heteroatoms. The molecule has 0 amide bonds. The summed E-state index contributed by atoms with van der Waals surface area (Å²) >= 11 is 0. The van der Waals surface area contributed by atoms with E-state index in [1.165, 1.54) is 6.07 Å². The van der Waals surface area contributed by atoms with Crippen molar-refractivity contribution in [1.29, 1.82) is 0 Å². The van der Waals surface area contributed by atoms with Crippen molar-refractivity contribution in [2.45, 2.75) is 6.54 Å². The van der Waals surface area contributed by atoms with Gasteiger partial charge >= 0.3 is 5.88 Å². The van der Waals surface area contributed by atoms with E-state index in [1.807, 2.05) is 0 Å². The molecule has 6 nitrogen and oxygen atoms in total. The second kappa shape index (κ2) is 4.41. The third-order valence-corrected chi connectivity index (χ3v) is 2.31. The molecule has 2 heterocycles. The molecule has 0 atom stereocenters. The Balaban J connectivity index is 1.94. The Kier molecular flexibility index (Phi) is 2.98. The highest BCUT2D eigenvalue weighted by atomic mass is 16.6. The summed E-state index contributed by atoms with van der Waals surface area (Å²) in [7, 11) is 0. The summed E-state index contributed by atoms with van der Waals surface area (Å²) in [6.07, 6.45) is 0. The fourth-order valence-corrected chi connectivity index (χ4v) is 1.53. The summed E-state index contributed by atoms with van der Waals surface area (Å²) in [5, 5.41) is 10.4. The van der Waals surface area contributed by atoms with Crippen LogP contribution in [0, 0.1) is 10.1 Å². The van der Waals surface area contributed by atoms with Crippen LogP contribution in [0.2, 0.25) is 0 Å². The van der Waals surface area contributed by atoms with Gasteiger partial charge in [-0.1, -0.05) is 0 Å². The van der Waals surface area contributed by atoms with E-state index in [1.54, 1.807) is 6.07 Å². The number of nitrogens with zero attached hydrogens (tertiary/aromatic N) is 2. The van der Waals surface area contributed by atoms with Crippen LogP contribution in [-0.4, -0.2) is 36.1 Å². The van der Waals surface area contributed by atoms with Gasteiger partial charge in [0.2, 0.25) is 0 Å². The predicted octanol–water partition coefficient (Wildman–Crippen LogP) is 1.02. The van der Waals surface area contributed by atoms with E-state index in [0.29, 0.717) is 25.5 Å². The highest BCUT2D eigenvalue weighted by molar-refractivity contribution is 5.17. The smallest absolute Gasteiger partial charge is 0.404 e. The average Bonchev–Trinajstić information content (AvgIpc) is 2.68. The van der Waals surface area contributed by atoms with Crippen molar-refractivity contribution >= 4 is 5.88 Å². The van der Waals surface area contributed by atoms with Crippen LogP contribution in [0.4, 0.5) is 5.88 Å². The number of hydrogen-bond donors (Lipinski definition) is 0. The van der Waals surface area contributed by atoms with E-state index in [9.17, 15) is 10.1 Å². The van der Waals surface area contributed by atoms with Gasteiger partial charge in [-0.25, -0.2) is 0 Å². The quantitative estimate of drug-likeness (QED) is 0.552. The van der Waals surface area contributed by atoms with Crippen LogP contribution < -0.4 is 0 Å². The first kappa shape index (κ1) is 10.1. The minimum absolute atomic E-state index is 0.196. The van der Waals surface area contributed by atoms with Crippen LogP contribution in [0.5, 0.6) is 0 Å². The number of morpholine rings is 1. The van der Waals surface area contributed by atoms with E-state index in [0.717, 1.165) is 13.1 Å². The molecule has 1 aromatic heterocycles. The maximum absolute atomic E-state index is 10.4. The maximum atomic E-state index is 10.4. The molecule has 1 aliphatic rings. The maximum Gasteiger partial charge on any atom is 0.433 e. The van der Waals surface area contributed by atoms with Crippen LogP contribution >= 0.6 is 0 Å². The molecule has 0 saturated carbocycles. The highest BCUT2D eigenvalue weighted by Crippen LogP contribution is 2.17. The van der Waals surface area contributed by atoms with Crippen LogP contribution in [-0.2, 0) is 11.3 Å². The number of rotatable bonds is 3. The van der Waals surface area contributed by atoms with E-state index < -0.39 is 4.92 Å². The van der Waals surface area contributed by atoms with Gasteiger partial charge in [0.05, 0.1) is 25.8 Å². The van der Waals surface area contributed by atoms with Gasteiger partial charge in [-0.15, -0.1) is 0 Å². The lowest BCUT2D eigenvalue weighted by molar-refractivity contribution is -0.402. The minimum atomic E-state index is -0.525. The lowest BCUT2D eigenvalue weighted by Gasteiger charge is -2.25. The van der Waals surface area contributed by atoms with Crippen molar-refractivity contribution in [2.75, 3.05) is 26.3 Å². The van der Waals surface area contributed by atoms with Crippen molar-refractivity contribution in [1.82, 2.24) is 4.90 Å². The van der Waals surface area contributed by atoms with Gasteiger partial charge in [-0.2, -0.15) is 0 Å². The molecule has 1 saturated heterocycles. The second-order valence-electron chi connectivity index (χ2n) is 3.39. The van der Waals surface area contributed by atoms with Crippen molar-refractivity contribution in [2.24, 2.45) is 0 Å². The summed E-state index contributed by atoms with van der Waals surface area (Å²) in [5.74, 6) is 0.432. The Morgan fingerprint density at radius 1 is 1.40 bits per heavy atom. The standard InChI is InChI=1S/C9H12N2O4/c12-11(13)9-2-1-8(15-9)7-10-3-5-14-6-4-10/h1-2H,3-7H2. The monoisotopic (exact) mass is 212 g/mol. The lowest BCUT2D eigenvalue weighted by atomic mass is 10.3. The average molecular weight is 212 g/mol. The van der Waals surface area contributed by atoms with Crippen molar-refractivity contribution in [3.63, 3.8) is 0 Å². The number of nitro groups is 1. The van der Waals surface area contributed by atoms with E-state index >= 15 is 0 Å². The zero-order valence-corrected chi connectivity index (χ0v) is 8.22. The Bertz CT molecular complexity index is 344. The van der Waals surface area contributed by atoms with Crippen LogP contribution in [0.15, 0.2) is 16.5 Å². The second-order valence-corrected chi connectivity index (χ2v) is 3.39. The van der Waals surface area contributed by atoms with Crippen LogP contribution in [0.25, 0.3) is 0 Å². The third-order valence-electron chi connectivity index (χ3n) is 2.31. The SMILES string of the molecule is O=[N+]([O-])c1ccc(CN2CCOCC2)o1. The molecular weight excluding hydrogens is 200 g/mol.